The van der Waals surface area contributed by atoms with Gasteiger partial charge in [-0.05, 0) is 44.7 Å². The van der Waals surface area contributed by atoms with Gasteiger partial charge in [-0.1, -0.05) is 13.8 Å². The third-order valence-corrected chi connectivity index (χ3v) is 3.82. The molecule has 1 rings (SSSR count). The zero-order valence-corrected chi connectivity index (χ0v) is 12.8. The van der Waals surface area contributed by atoms with Crippen molar-refractivity contribution in [3.05, 3.63) is 0 Å². The molecule has 0 heterocycles. The SMILES string of the molecule is CCCNC(CN(CCC)CC(F)(F)F)(C(N)=O)C1CC1. The molecule has 1 aliphatic rings. The number of amides is 1. The Balaban J connectivity index is 2.87. The molecule has 0 radical (unpaired) electrons. The van der Waals surface area contributed by atoms with E-state index in [9.17, 15) is 18.0 Å². The molecular formula is C14H26F3N3O. The highest BCUT2D eigenvalue weighted by Crippen LogP contribution is 2.40. The number of nitrogens with zero attached hydrogens (tertiary/aromatic N) is 1. The van der Waals surface area contributed by atoms with Crippen molar-refractivity contribution in [1.82, 2.24) is 10.2 Å². The Bertz CT molecular complexity index is 345. The molecule has 4 nitrogen and oxygen atoms in total. The molecule has 0 aromatic heterocycles. The largest absolute Gasteiger partial charge is 0.401 e. The van der Waals surface area contributed by atoms with Crippen molar-refractivity contribution in [2.24, 2.45) is 11.7 Å². The van der Waals surface area contributed by atoms with Gasteiger partial charge in [-0.2, -0.15) is 13.2 Å². The average Bonchev–Trinajstić information content (AvgIpc) is 3.16. The molecule has 0 aliphatic heterocycles. The highest BCUT2D eigenvalue weighted by atomic mass is 19.4. The molecule has 0 aromatic rings. The van der Waals surface area contributed by atoms with Crippen molar-refractivity contribution in [3.63, 3.8) is 0 Å². The van der Waals surface area contributed by atoms with Crippen molar-refractivity contribution >= 4 is 5.91 Å². The summed E-state index contributed by atoms with van der Waals surface area (Å²) in [6, 6.07) is 0. The molecule has 1 aliphatic carbocycles. The summed E-state index contributed by atoms with van der Waals surface area (Å²) in [5.74, 6) is -0.490. The number of rotatable bonds is 10. The van der Waals surface area contributed by atoms with E-state index in [1.807, 2.05) is 13.8 Å². The quantitative estimate of drug-likeness (QED) is 0.648. The van der Waals surface area contributed by atoms with Crippen molar-refractivity contribution in [3.8, 4) is 0 Å². The van der Waals surface area contributed by atoms with Crippen molar-refractivity contribution in [2.75, 3.05) is 26.2 Å². The minimum absolute atomic E-state index is 0.0281. The van der Waals surface area contributed by atoms with Crippen LogP contribution in [0.2, 0.25) is 0 Å². The Kier molecular flexibility index (Phi) is 6.46. The topological polar surface area (TPSA) is 58.4 Å². The van der Waals surface area contributed by atoms with Crippen molar-refractivity contribution in [2.45, 2.75) is 51.2 Å². The minimum Gasteiger partial charge on any atom is -0.368 e. The molecule has 0 bridgehead atoms. The summed E-state index contributed by atoms with van der Waals surface area (Å²) >= 11 is 0. The molecule has 0 spiro atoms. The fourth-order valence-electron chi connectivity index (χ4n) is 2.76. The second-order valence-corrected chi connectivity index (χ2v) is 5.86. The fraction of sp³-hybridized carbons (Fsp3) is 0.929. The molecule has 1 atom stereocenters. The Morgan fingerprint density at radius 1 is 1.24 bits per heavy atom. The number of primary amides is 1. The van der Waals surface area contributed by atoms with Gasteiger partial charge in [0.05, 0.1) is 6.54 Å². The molecule has 3 N–H and O–H groups in total. The van der Waals surface area contributed by atoms with Crippen LogP contribution < -0.4 is 11.1 Å². The van der Waals surface area contributed by atoms with E-state index in [2.05, 4.69) is 5.32 Å². The van der Waals surface area contributed by atoms with E-state index < -0.39 is 24.2 Å². The van der Waals surface area contributed by atoms with Crippen LogP contribution in [-0.4, -0.2) is 48.7 Å². The number of nitrogens with one attached hydrogen (secondary N) is 1. The minimum atomic E-state index is -4.27. The highest BCUT2D eigenvalue weighted by molar-refractivity contribution is 5.86. The van der Waals surface area contributed by atoms with E-state index in [0.29, 0.717) is 19.5 Å². The predicted octanol–water partition coefficient (Wildman–Crippen LogP) is 1.89. The van der Waals surface area contributed by atoms with Crippen molar-refractivity contribution in [1.29, 1.82) is 0 Å². The monoisotopic (exact) mass is 309 g/mol. The van der Waals surface area contributed by atoms with Gasteiger partial charge in [-0.15, -0.1) is 0 Å². The predicted molar refractivity (Wildman–Crippen MR) is 75.7 cm³/mol. The number of carbonyl (C=O) groups excluding carboxylic acids is 1. The Morgan fingerprint density at radius 3 is 2.24 bits per heavy atom. The molecule has 1 amide bonds. The number of halogens is 3. The zero-order valence-electron chi connectivity index (χ0n) is 12.8. The van der Waals surface area contributed by atoms with E-state index in [1.165, 1.54) is 4.90 Å². The van der Waals surface area contributed by atoms with Crippen LogP contribution in [0.15, 0.2) is 0 Å². The van der Waals surface area contributed by atoms with E-state index in [4.69, 9.17) is 5.73 Å². The van der Waals surface area contributed by atoms with Gasteiger partial charge in [0.2, 0.25) is 5.91 Å². The summed E-state index contributed by atoms with van der Waals surface area (Å²) in [5, 5.41) is 3.14. The first-order chi connectivity index (χ1) is 9.75. The summed E-state index contributed by atoms with van der Waals surface area (Å²) in [4.78, 5) is 13.3. The van der Waals surface area contributed by atoms with Gasteiger partial charge in [0.15, 0.2) is 0 Å². The zero-order chi connectivity index (χ0) is 16.1. The van der Waals surface area contributed by atoms with Crippen molar-refractivity contribution < 1.29 is 18.0 Å². The van der Waals surface area contributed by atoms with Crippen LogP contribution in [0.5, 0.6) is 0 Å². The maximum Gasteiger partial charge on any atom is 0.401 e. The second kappa shape index (κ2) is 7.45. The summed E-state index contributed by atoms with van der Waals surface area (Å²) in [6.07, 6.45) is -1.19. The summed E-state index contributed by atoms with van der Waals surface area (Å²) in [6.45, 7) is 3.67. The van der Waals surface area contributed by atoms with Crippen LogP contribution >= 0.6 is 0 Å². The van der Waals surface area contributed by atoms with Gasteiger partial charge in [0.25, 0.3) is 0 Å². The van der Waals surface area contributed by atoms with Gasteiger partial charge in [-0.3, -0.25) is 9.69 Å². The van der Waals surface area contributed by atoms with E-state index in [-0.39, 0.29) is 12.5 Å². The lowest BCUT2D eigenvalue weighted by Gasteiger charge is -2.37. The Morgan fingerprint density at radius 2 is 1.86 bits per heavy atom. The van der Waals surface area contributed by atoms with Crippen LogP contribution in [0.3, 0.4) is 0 Å². The molecule has 1 fully saturated rings. The third-order valence-electron chi connectivity index (χ3n) is 3.82. The fourth-order valence-corrected chi connectivity index (χ4v) is 2.76. The van der Waals surface area contributed by atoms with E-state index in [0.717, 1.165) is 19.3 Å². The van der Waals surface area contributed by atoms with Gasteiger partial charge >= 0.3 is 6.18 Å². The maximum atomic E-state index is 12.7. The van der Waals surface area contributed by atoms with Crippen LogP contribution in [-0.2, 0) is 4.79 Å². The standard InChI is InChI=1S/C14H26F3N3O/c1-3-7-19-13(12(18)21,11-5-6-11)9-20(8-4-2)10-14(15,16)17/h11,19H,3-10H2,1-2H3,(H2,18,21). The number of carbonyl (C=O) groups is 1. The highest BCUT2D eigenvalue weighted by Gasteiger charge is 2.51. The lowest BCUT2D eigenvalue weighted by atomic mass is 9.90. The molecule has 0 aromatic carbocycles. The van der Waals surface area contributed by atoms with Crippen LogP contribution in [0, 0.1) is 5.92 Å². The van der Waals surface area contributed by atoms with Gasteiger partial charge in [0, 0.05) is 6.54 Å². The third kappa shape index (κ3) is 5.47. The molecule has 1 saturated carbocycles. The van der Waals surface area contributed by atoms with Crippen LogP contribution in [0.4, 0.5) is 13.2 Å². The lowest BCUT2D eigenvalue weighted by molar-refractivity contribution is -0.151. The van der Waals surface area contributed by atoms with Crippen LogP contribution in [0.1, 0.15) is 39.5 Å². The number of hydrogen-bond donors (Lipinski definition) is 2. The molecule has 7 heteroatoms. The molecule has 0 saturated heterocycles. The number of nitrogens with two attached hydrogens (primary N) is 1. The summed E-state index contributed by atoms with van der Waals surface area (Å²) < 4.78 is 38.1. The summed E-state index contributed by atoms with van der Waals surface area (Å²) in [7, 11) is 0. The first-order valence-electron chi connectivity index (χ1n) is 7.59. The summed E-state index contributed by atoms with van der Waals surface area (Å²) in [5.41, 5.74) is 4.52. The van der Waals surface area contributed by atoms with Gasteiger partial charge in [0.1, 0.15) is 5.54 Å². The van der Waals surface area contributed by atoms with E-state index in [1.54, 1.807) is 0 Å². The Labute approximate surface area is 124 Å². The first-order valence-corrected chi connectivity index (χ1v) is 7.59. The maximum absolute atomic E-state index is 12.7. The molecule has 124 valence electrons. The lowest BCUT2D eigenvalue weighted by Crippen LogP contribution is -2.64. The normalized spacial score (nSPS) is 18.8. The van der Waals surface area contributed by atoms with Crippen LogP contribution in [0.25, 0.3) is 0 Å². The number of alkyl halides is 3. The average molecular weight is 309 g/mol. The second-order valence-electron chi connectivity index (χ2n) is 5.86. The Hall–Kier alpha value is -0.820. The van der Waals surface area contributed by atoms with Gasteiger partial charge in [-0.25, -0.2) is 0 Å². The smallest absolute Gasteiger partial charge is 0.368 e. The first kappa shape index (κ1) is 18.2. The van der Waals surface area contributed by atoms with Gasteiger partial charge < -0.3 is 11.1 Å². The molecule has 21 heavy (non-hydrogen) atoms. The molecular weight excluding hydrogens is 283 g/mol. The number of hydrogen-bond acceptors (Lipinski definition) is 3. The molecule has 1 unspecified atom stereocenters. The van der Waals surface area contributed by atoms with E-state index >= 15 is 0 Å².